The van der Waals surface area contributed by atoms with Crippen LogP contribution in [0.2, 0.25) is 0 Å². The quantitative estimate of drug-likeness (QED) is 0.830. The Morgan fingerprint density at radius 1 is 0.913 bits per heavy atom. The maximum Gasteiger partial charge on any atom is 0.196 e. The summed E-state index contributed by atoms with van der Waals surface area (Å²) in [5.41, 5.74) is 0. The lowest BCUT2D eigenvalue weighted by molar-refractivity contribution is 0.580. The lowest BCUT2D eigenvalue weighted by Gasteiger charge is -2.18. The highest BCUT2D eigenvalue weighted by Crippen LogP contribution is 2.40. The summed E-state index contributed by atoms with van der Waals surface area (Å²) in [6.07, 6.45) is 0.346. The molecule has 0 saturated carbocycles. The van der Waals surface area contributed by atoms with E-state index in [1.807, 2.05) is 30.3 Å². The van der Waals surface area contributed by atoms with Crippen molar-refractivity contribution in [2.75, 3.05) is 5.75 Å². The Kier molecular flexibility index (Phi) is 4.53. The van der Waals surface area contributed by atoms with Crippen molar-refractivity contribution < 1.29 is 16.8 Å². The van der Waals surface area contributed by atoms with Crippen LogP contribution in [0.5, 0.6) is 0 Å². The molecule has 4 nitrogen and oxygen atoms in total. The third-order valence-electron chi connectivity index (χ3n) is 3.75. The molecule has 2 unspecified atom stereocenters. The molecule has 0 bridgehead atoms. The Bertz CT molecular complexity index is 875. The Morgan fingerprint density at radius 3 is 2.09 bits per heavy atom. The maximum absolute atomic E-state index is 12.9. The van der Waals surface area contributed by atoms with Crippen molar-refractivity contribution in [2.24, 2.45) is 0 Å². The van der Waals surface area contributed by atoms with Crippen LogP contribution in [-0.2, 0) is 19.7 Å². The van der Waals surface area contributed by atoms with Gasteiger partial charge in [-0.25, -0.2) is 16.8 Å². The van der Waals surface area contributed by atoms with Gasteiger partial charge < -0.3 is 0 Å². The molecule has 2 atom stereocenters. The molecule has 2 aromatic carbocycles. The summed E-state index contributed by atoms with van der Waals surface area (Å²) in [5, 5.41) is -0.493. The van der Waals surface area contributed by atoms with E-state index in [0.717, 1.165) is 4.90 Å². The number of hydrogen-bond acceptors (Lipinski definition) is 5. The summed E-state index contributed by atoms with van der Waals surface area (Å²) in [6.45, 7) is 0. The highest BCUT2D eigenvalue weighted by molar-refractivity contribution is 8.11. The second kappa shape index (κ2) is 6.30. The predicted octanol–water partition coefficient (Wildman–Crippen LogP) is 2.77. The van der Waals surface area contributed by atoms with Gasteiger partial charge in [0.15, 0.2) is 24.3 Å². The van der Waals surface area contributed by atoms with Crippen molar-refractivity contribution in [3.8, 4) is 0 Å². The lowest BCUT2D eigenvalue weighted by atomic mass is 10.4. The molecule has 1 saturated heterocycles. The maximum atomic E-state index is 12.9. The van der Waals surface area contributed by atoms with Crippen LogP contribution < -0.4 is 0 Å². The number of thioether (sulfide) groups is 1. The highest BCUT2D eigenvalue weighted by Gasteiger charge is 2.49. The molecule has 1 heterocycles. The summed E-state index contributed by atoms with van der Waals surface area (Å²) < 4.78 is 49.1. The van der Waals surface area contributed by atoms with Gasteiger partial charge in [-0.15, -0.1) is 11.8 Å². The normalized spacial score (nSPS) is 23.7. The molecule has 1 aliphatic heterocycles. The molecule has 0 aliphatic carbocycles. The van der Waals surface area contributed by atoms with Crippen molar-refractivity contribution in [1.82, 2.24) is 0 Å². The fraction of sp³-hybridized carbons (Fsp3) is 0.250. The zero-order valence-electron chi connectivity index (χ0n) is 12.2. The average Bonchev–Trinajstić information content (AvgIpc) is 2.84. The molecular weight excluding hydrogens is 352 g/mol. The zero-order valence-corrected chi connectivity index (χ0v) is 14.6. The third-order valence-corrected chi connectivity index (χ3v) is 10.8. The molecule has 1 aliphatic rings. The number of sulfone groups is 2. The van der Waals surface area contributed by atoms with E-state index in [-0.39, 0.29) is 10.6 Å². The minimum atomic E-state index is -3.92. The first-order valence-corrected chi connectivity index (χ1v) is 11.3. The first-order valence-electron chi connectivity index (χ1n) is 7.13. The summed E-state index contributed by atoms with van der Waals surface area (Å²) in [4.78, 5) is 0.942. The second-order valence-electron chi connectivity index (χ2n) is 5.35. The van der Waals surface area contributed by atoms with Crippen LogP contribution in [0, 0.1) is 0 Å². The van der Waals surface area contributed by atoms with Gasteiger partial charge >= 0.3 is 0 Å². The van der Waals surface area contributed by atoms with Gasteiger partial charge in [0.05, 0.1) is 10.6 Å². The van der Waals surface area contributed by atoms with Gasteiger partial charge in [0.1, 0.15) is 0 Å². The molecular formula is C16H16O4S3. The van der Waals surface area contributed by atoms with Gasteiger partial charge in [0.2, 0.25) is 0 Å². The first kappa shape index (κ1) is 16.5. The van der Waals surface area contributed by atoms with E-state index >= 15 is 0 Å². The molecule has 0 N–H and O–H groups in total. The highest BCUT2D eigenvalue weighted by atomic mass is 32.3. The minimum Gasteiger partial charge on any atom is -0.227 e. The minimum absolute atomic E-state index is 0.0640. The van der Waals surface area contributed by atoms with Crippen molar-refractivity contribution >= 4 is 31.4 Å². The molecule has 2 aromatic rings. The Labute approximate surface area is 140 Å². The smallest absolute Gasteiger partial charge is 0.196 e. The summed E-state index contributed by atoms with van der Waals surface area (Å²) in [5.74, 6) is -0.0891. The van der Waals surface area contributed by atoms with Crippen LogP contribution in [0.25, 0.3) is 0 Å². The molecule has 0 amide bonds. The van der Waals surface area contributed by atoms with Crippen LogP contribution >= 0.6 is 11.8 Å². The monoisotopic (exact) mass is 368 g/mol. The zero-order chi connectivity index (χ0) is 16.5. The molecule has 23 heavy (non-hydrogen) atoms. The standard InChI is InChI=1S/C16H16O4S3/c17-22(18)12-11-15(21-13-7-3-1-4-8-13)16(22)23(19,20)14-9-5-2-6-10-14/h1-10,15-16H,11-12H2. The lowest BCUT2D eigenvalue weighted by Crippen LogP contribution is -2.33. The van der Waals surface area contributed by atoms with E-state index in [2.05, 4.69) is 0 Å². The van der Waals surface area contributed by atoms with Gasteiger partial charge in [-0.1, -0.05) is 36.4 Å². The predicted molar refractivity (Wildman–Crippen MR) is 91.9 cm³/mol. The molecule has 0 spiro atoms. The Morgan fingerprint density at radius 2 is 1.48 bits per heavy atom. The van der Waals surface area contributed by atoms with Crippen LogP contribution in [0.4, 0.5) is 0 Å². The van der Waals surface area contributed by atoms with E-state index in [1.54, 1.807) is 18.2 Å². The summed E-state index contributed by atoms with van der Waals surface area (Å²) in [7, 11) is -7.60. The number of benzene rings is 2. The molecule has 0 radical (unpaired) electrons. The number of rotatable bonds is 4. The van der Waals surface area contributed by atoms with Crippen molar-refractivity contribution in [2.45, 2.75) is 26.0 Å². The van der Waals surface area contributed by atoms with Crippen LogP contribution in [0.1, 0.15) is 6.42 Å². The van der Waals surface area contributed by atoms with Gasteiger partial charge in [-0.2, -0.15) is 0 Å². The second-order valence-corrected chi connectivity index (χ2v) is 11.3. The summed E-state index contributed by atoms with van der Waals surface area (Å²) in [6, 6.07) is 17.1. The van der Waals surface area contributed by atoms with Gasteiger partial charge in [0.25, 0.3) is 0 Å². The van der Waals surface area contributed by atoms with Crippen molar-refractivity contribution in [3.05, 3.63) is 60.7 Å². The van der Waals surface area contributed by atoms with Crippen LogP contribution in [0.3, 0.4) is 0 Å². The van der Waals surface area contributed by atoms with Gasteiger partial charge in [-0.3, -0.25) is 0 Å². The van der Waals surface area contributed by atoms with Gasteiger partial charge in [0, 0.05) is 10.1 Å². The fourth-order valence-electron chi connectivity index (χ4n) is 2.69. The summed E-state index contributed by atoms with van der Waals surface area (Å²) >= 11 is 1.32. The van der Waals surface area contributed by atoms with Gasteiger partial charge in [-0.05, 0) is 30.7 Å². The topological polar surface area (TPSA) is 68.3 Å². The van der Waals surface area contributed by atoms with E-state index in [4.69, 9.17) is 0 Å². The SMILES string of the molecule is O=S1(=O)CCC(Sc2ccccc2)C1S(=O)(=O)c1ccccc1. The van der Waals surface area contributed by atoms with E-state index in [0.29, 0.717) is 6.42 Å². The van der Waals surface area contributed by atoms with E-state index in [9.17, 15) is 16.8 Å². The number of hydrogen-bond donors (Lipinski definition) is 0. The largest absolute Gasteiger partial charge is 0.227 e. The van der Waals surface area contributed by atoms with Crippen molar-refractivity contribution in [1.29, 1.82) is 0 Å². The molecule has 7 heteroatoms. The molecule has 0 aromatic heterocycles. The van der Waals surface area contributed by atoms with Crippen LogP contribution in [-0.4, -0.2) is 32.4 Å². The molecule has 3 rings (SSSR count). The first-order chi connectivity index (χ1) is 10.9. The Hall–Kier alpha value is -1.31. The van der Waals surface area contributed by atoms with Crippen LogP contribution in [0.15, 0.2) is 70.5 Å². The average molecular weight is 369 g/mol. The van der Waals surface area contributed by atoms with E-state index < -0.39 is 29.5 Å². The molecule has 1 fully saturated rings. The molecule has 122 valence electrons. The van der Waals surface area contributed by atoms with E-state index in [1.165, 1.54) is 23.9 Å². The fourth-order valence-corrected chi connectivity index (χ4v) is 10.0. The Balaban J connectivity index is 1.99. The third kappa shape index (κ3) is 3.32. The van der Waals surface area contributed by atoms with Crippen molar-refractivity contribution in [3.63, 3.8) is 0 Å².